The fraction of sp³-hybridized carbons (Fsp3) is 0.136. The minimum atomic E-state index is -5.16. The average molecular weight is 585 g/mol. The van der Waals surface area contributed by atoms with Gasteiger partial charge in [-0.15, -0.1) is 0 Å². The maximum absolute atomic E-state index is 14.1. The smallest absolute Gasteiger partial charge is 0.247 e. The van der Waals surface area contributed by atoms with Crippen molar-refractivity contribution in [3.05, 3.63) is 92.2 Å². The molecule has 0 amide bonds. The van der Waals surface area contributed by atoms with Gasteiger partial charge in [0.25, 0.3) is 0 Å². The summed E-state index contributed by atoms with van der Waals surface area (Å²) in [6, 6.07) is 10.9. The highest BCUT2D eigenvalue weighted by molar-refractivity contribution is 7.89. The van der Waals surface area contributed by atoms with Crippen LogP contribution in [0.15, 0.2) is 52.5 Å². The summed E-state index contributed by atoms with van der Waals surface area (Å²) in [6.07, 6.45) is 0.125. The molecule has 190 valence electrons. The molecule has 0 radical (unpaired) electrons. The van der Waals surface area contributed by atoms with E-state index in [-0.39, 0.29) is 17.2 Å². The van der Waals surface area contributed by atoms with Crippen LogP contribution in [0, 0.1) is 29.1 Å². The van der Waals surface area contributed by atoms with Gasteiger partial charge in [-0.1, -0.05) is 46.9 Å². The minimum Gasteiger partial charge on any atom is -0.256 e. The Bertz CT molecular complexity index is 1460. The first-order valence-electron chi connectivity index (χ1n) is 9.98. The lowest BCUT2D eigenvalue weighted by molar-refractivity contribution is 0.357. The number of anilines is 1. The highest BCUT2D eigenvalue weighted by Gasteiger charge is 2.35. The molecule has 0 bridgehead atoms. The van der Waals surface area contributed by atoms with Gasteiger partial charge < -0.3 is 0 Å². The van der Waals surface area contributed by atoms with Crippen LogP contribution < -0.4 is 9.73 Å². The summed E-state index contributed by atoms with van der Waals surface area (Å²) < 4.78 is 95.4. The number of rotatable bonds is 6. The number of nitrogens with one attached hydrogen (secondary N) is 1. The van der Waals surface area contributed by atoms with Gasteiger partial charge >= 0.3 is 0 Å². The first kappa shape index (κ1) is 26.6. The van der Waals surface area contributed by atoms with Crippen LogP contribution in [0.1, 0.15) is 18.0 Å². The normalized spacial score (nSPS) is 15.9. The van der Waals surface area contributed by atoms with Gasteiger partial charge in [-0.25, -0.2) is 35.1 Å². The van der Waals surface area contributed by atoms with Crippen molar-refractivity contribution in [2.24, 2.45) is 5.10 Å². The van der Waals surface area contributed by atoms with E-state index in [1.165, 1.54) is 11.1 Å². The molecule has 5 nitrogen and oxygen atoms in total. The molecule has 0 spiro atoms. The Labute approximate surface area is 217 Å². The molecular formula is C22H13Cl3F5N3O2S. The van der Waals surface area contributed by atoms with Crippen LogP contribution >= 0.6 is 34.8 Å². The monoisotopic (exact) mass is 583 g/mol. The van der Waals surface area contributed by atoms with Gasteiger partial charge in [0, 0.05) is 16.5 Å². The Morgan fingerprint density at radius 1 is 0.861 bits per heavy atom. The summed E-state index contributed by atoms with van der Waals surface area (Å²) in [6.45, 7) is -0.590. The fourth-order valence-corrected chi connectivity index (χ4v) is 5.36. The number of nitrogens with zero attached hydrogens (tertiary/aromatic N) is 2. The highest BCUT2D eigenvalue weighted by Crippen LogP contribution is 2.40. The molecule has 3 aromatic carbocycles. The van der Waals surface area contributed by atoms with E-state index >= 15 is 0 Å². The van der Waals surface area contributed by atoms with Crippen LogP contribution in [0.3, 0.4) is 0 Å². The molecule has 1 unspecified atom stereocenters. The van der Waals surface area contributed by atoms with Crippen molar-refractivity contribution in [1.29, 1.82) is 0 Å². The Morgan fingerprint density at radius 2 is 1.42 bits per heavy atom. The van der Waals surface area contributed by atoms with E-state index in [9.17, 15) is 30.4 Å². The van der Waals surface area contributed by atoms with Crippen LogP contribution in [0.4, 0.5) is 27.6 Å². The molecule has 1 heterocycles. The van der Waals surface area contributed by atoms with Crippen LogP contribution in [-0.4, -0.2) is 20.7 Å². The molecule has 1 N–H and O–H groups in total. The van der Waals surface area contributed by atoms with Crippen molar-refractivity contribution in [1.82, 2.24) is 4.72 Å². The van der Waals surface area contributed by atoms with E-state index in [0.717, 1.165) is 5.56 Å². The van der Waals surface area contributed by atoms with Crippen molar-refractivity contribution in [2.45, 2.75) is 17.4 Å². The second kappa shape index (κ2) is 10.1. The van der Waals surface area contributed by atoms with E-state index in [1.807, 2.05) is 4.72 Å². The van der Waals surface area contributed by atoms with Crippen molar-refractivity contribution in [3.63, 3.8) is 0 Å². The molecule has 0 saturated carbocycles. The summed E-state index contributed by atoms with van der Waals surface area (Å²) in [7, 11) is -5.16. The van der Waals surface area contributed by atoms with Gasteiger partial charge in [-0.3, -0.25) is 5.01 Å². The van der Waals surface area contributed by atoms with Crippen molar-refractivity contribution in [3.8, 4) is 0 Å². The number of hydrogen-bond donors (Lipinski definition) is 1. The zero-order valence-corrected chi connectivity index (χ0v) is 20.8. The van der Waals surface area contributed by atoms with Crippen LogP contribution in [0.5, 0.6) is 0 Å². The number of hydrogen-bond acceptors (Lipinski definition) is 4. The lowest BCUT2D eigenvalue weighted by Crippen LogP contribution is -2.31. The molecule has 0 saturated heterocycles. The molecular weight excluding hydrogens is 572 g/mol. The summed E-state index contributed by atoms with van der Waals surface area (Å²) >= 11 is 18.3. The van der Waals surface area contributed by atoms with Crippen LogP contribution in [0.25, 0.3) is 0 Å². The predicted molar refractivity (Wildman–Crippen MR) is 127 cm³/mol. The van der Waals surface area contributed by atoms with Gasteiger partial charge in [-0.05, 0) is 35.9 Å². The zero-order chi connectivity index (χ0) is 26.4. The third-order valence-corrected chi connectivity index (χ3v) is 7.50. The van der Waals surface area contributed by atoms with E-state index in [0.29, 0.717) is 15.7 Å². The molecule has 0 aliphatic carbocycles. The SMILES string of the molecule is O=S(=O)(NCC1=NN(c2ccc(Cl)cc2Cl)C(c2ccc(Cl)cc2)C1)c1c(F)c(F)c(F)c(F)c1F. The molecule has 36 heavy (non-hydrogen) atoms. The second-order valence-corrected chi connectivity index (χ2v) is 10.6. The van der Waals surface area contributed by atoms with Crippen LogP contribution in [-0.2, 0) is 10.0 Å². The Balaban J connectivity index is 1.66. The van der Waals surface area contributed by atoms with E-state index in [2.05, 4.69) is 5.10 Å². The van der Waals surface area contributed by atoms with E-state index < -0.39 is 56.6 Å². The van der Waals surface area contributed by atoms with Gasteiger partial charge in [0.15, 0.2) is 28.2 Å². The third kappa shape index (κ3) is 5.03. The summed E-state index contributed by atoms with van der Waals surface area (Å²) in [4.78, 5) is -1.98. The van der Waals surface area contributed by atoms with Crippen molar-refractivity contribution >= 4 is 56.2 Å². The maximum Gasteiger partial charge on any atom is 0.247 e. The third-order valence-electron chi connectivity index (χ3n) is 5.29. The second-order valence-electron chi connectivity index (χ2n) is 7.60. The molecule has 4 rings (SSSR count). The lowest BCUT2D eigenvalue weighted by atomic mass is 10.0. The highest BCUT2D eigenvalue weighted by atomic mass is 35.5. The molecule has 1 aliphatic heterocycles. The molecule has 0 aromatic heterocycles. The zero-order valence-electron chi connectivity index (χ0n) is 17.7. The van der Waals surface area contributed by atoms with Gasteiger partial charge in [0.05, 0.1) is 29.0 Å². The lowest BCUT2D eigenvalue weighted by Gasteiger charge is -2.25. The topological polar surface area (TPSA) is 61.8 Å². The predicted octanol–water partition coefficient (Wildman–Crippen LogP) is 6.63. The quantitative estimate of drug-likeness (QED) is 0.201. The maximum atomic E-state index is 14.1. The molecule has 3 aromatic rings. The Hall–Kier alpha value is -2.44. The first-order valence-corrected chi connectivity index (χ1v) is 12.6. The number of benzene rings is 3. The largest absolute Gasteiger partial charge is 0.256 e. The summed E-state index contributed by atoms with van der Waals surface area (Å²) in [5.74, 6) is -12.2. The van der Waals surface area contributed by atoms with Crippen molar-refractivity contribution < 1.29 is 30.4 Å². The summed E-state index contributed by atoms with van der Waals surface area (Å²) in [5.41, 5.74) is 1.35. The molecule has 1 atom stereocenters. The Morgan fingerprint density at radius 3 is 2.00 bits per heavy atom. The van der Waals surface area contributed by atoms with Gasteiger partial charge in [0.2, 0.25) is 15.8 Å². The Kier molecular flexibility index (Phi) is 7.50. The van der Waals surface area contributed by atoms with E-state index in [1.54, 1.807) is 36.4 Å². The first-order chi connectivity index (χ1) is 16.9. The van der Waals surface area contributed by atoms with E-state index in [4.69, 9.17) is 34.8 Å². The average Bonchev–Trinajstić information content (AvgIpc) is 3.25. The fourth-order valence-electron chi connectivity index (χ4n) is 3.58. The number of sulfonamides is 1. The van der Waals surface area contributed by atoms with Gasteiger partial charge in [0.1, 0.15) is 0 Å². The van der Waals surface area contributed by atoms with Crippen molar-refractivity contribution in [2.75, 3.05) is 11.6 Å². The standard InChI is InChI=1S/C22H13Cl3F5N3O2S/c23-11-3-1-10(2-4-11)16-8-13(32-33(16)15-6-5-12(24)7-14(15)25)9-31-36(34,35)22-20(29)18(27)17(26)19(28)21(22)30/h1-7,16,31H,8-9H2. The minimum absolute atomic E-state index is 0.125. The molecule has 1 aliphatic rings. The number of halogens is 8. The molecule has 0 fully saturated rings. The number of hydrazone groups is 1. The van der Waals surface area contributed by atoms with Gasteiger partial charge in [-0.2, -0.15) is 5.10 Å². The van der Waals surface area contributed by atoms with Crippen LogP contribution in [0.2, 0.25) is 15.1 Å². The molecule has 14 heteroatoms. The summed E-state index contributed by atoms with van der Waals surface area (Å²) in [5, 5.41) is 6.98.